The number of nitrogens with one attached hydrogen (secondary N) is 2. The van der Waals surface area contributed by atoms with Crippen LogP contribution in [0.25, 0.3) is 0 Å². The Morgan fingerprint density at radius 2 is 2.13 bits per heavy atom. The van der Waals surface area contributed by atoms with E-state index < -0.39 is 0 Å². The number of ether oxygens (including phenoxy) is 1. The van der Waals surface area contributed by atoms with Gasteiger partial charge in [-0.3, -0.25) is 4.79 Å². The van der Waals surface area contributed by atoms with Crippen LogP contribution in [0.15, 0.2) is 18.2 Å². The van der Waals surface area contributed by atoms with Crippen molar-refractivity contribution in [1.82, 2.24) is 5.32 Å². The summed E-state index contributed by atoms with van der Waals surface area (Å²) in [6, 6.07) is 5.09. The zero-order valence-electron chi connectivity index (χ0n) is 14.0. The van der Waals surface area contributed by atoms with E-state index in [0.717, 1.165) is 31.4 Å². The predicted molar refractivity (Wildman–Crippen MR) is 91.0 cm³/mol. The molecular formula is C18H26N2O3. The average Bonchev–Trinajstić information content (AvgIpc) is 2.52. The maximum absolute atomic E-state index is 11.9. The van der Waals surface area contributed by atoms with Gasteiger partial charge in [0.2, 0.25) is 0 Å². The molecule has 2 amide bonds. The van der Waals surface area contributed by atoms with Crippen LogP contribution >= 0.6 is 0 Å². The van der Waals surface area contributed by atoms with Gasteiger partial charge in [-0.25, -0.2) is 4.79 Å². The minimum absolute atomic E-state index is 0.0310. The lowest BCUT2D eigenvalue weighted by Gasteiger charge is -2.22. The number of hydrogen-bond acceptors (Lipinski definition) is 3. The third-order valence-electron chi connectivity index (χ3n) is 4.13. The second-order valence-electron chi connectivity index (χ2n) is 6.10. The second-order valence-corrected chi connectivity index (χ2v) is 6.10. The van der Waals surface area contributed by atoms with Crippen LogP contribution in [0.1, 0.15) is 54.9 Å². The zero-order chi connectivity index (χ0) is 16.7. The number of Topliss-reactive ketones (excluding diaryl/α,β-unsaturated/α-hetero) is 1. The molecule has 1 saturated heterocycles. The molecule has 1 fully saturated rings. The molecule has 0 spiro atoms. The Hall–Kier alpha value is -1.88. The summed E-state index contributed by atoms with van der Waals surface area (Å²) in [7, 11) is 0. The van der Waals surface area contributed by atoms with Crippen LogP contribution in [0.4, 0.5) is 10.5 Å². The summed E-state index contributed by atoms with van der Waals surface area (Å²) in [5, 5.41) is 5.65. The van der Waals surface area contributed by atoms with Gasteiger partial charge in [0.25, 0.3) is 0 Å². The maximum Gasteiger partial charge on any atom is 0.319 e. The zero-order valence-corrected chi connectivity index (χ0v) is 14.0. The van der Waals surface area contributed by atoms with E-state index in [2.05, 4.69) is 10.6 Å². The normalized spacial score (nSPS) is 17.6. The van der Waals surface area contributed by atoms with Gasteiger partial charge < -0.3 is 15.4 Å². The first-order valence-corrected chi connectivity index (χ1v) is 8.34. The van der Waals surface area contributed by atoms with Gasteiger partial charge in [-0.2, -0.15) is 0 Å². The van der Waals surface area contributed by atoms with E-state index in [4.69, 9.17) is 4.74 Å². The molecule has 2 rings (SSSR count). The lowest BCUT2D eigenvalue weighted by molar-refractivity contribution is 0.0103. The molecule has 5 nitrogen and oxygen atoms in total. The molecule has 0 saturated carbocycles. The smallest absolute Gasteiger partial charge is 0.319 e. The van der Waals surface area contributed by atoms with Crippen LogP contribution in [0.3, 0.4) is 0 Å². The Morgan fingerprint density at radius 1 is 1.30 bits per heavy atom. The molecule has 23 heavy (non-hydrogen) atoms. The quantitative estimate of drug-likeness (QED) is 0.621. The van der Waals surface area contributed by atoms with Gasteiger partial charge in [0.1, 0.15) is 0 Å². The molecule has 1 aromatic carbocycles. The number of aryl methyl sites for hydroxylation is 1. The van der Waals surface area contributed by atoms with Crippen LogP contribution in [-0.2, 0) is 4.74 Å². The Morgan fingerprint density at radius 3 is 2.78 bits per heavy atom. The van der Waals surface area contributed by atoms with E-state index in [9.17, 15) is 9.59 Å². The topological polar surface area (TPSA) is 67.4 Å². The summed E-state index contributed by atoms with van der Waals surface area (Å²) < 4.78 is 5.67. The molecule has 5 heteroatoms. The largest absolute Gasteiger partial charge is 0.378 e. The first kappa shape index (κ1) is 17.5. The molecule has 126 valence electrons. The number of rotatable bonds is 6. The number of carbonyl (C=O) groups excluding carboxylic acids is 2. The number of urea groups is 1. The first-order chi connectivity index (χ1) is 11.1. The van der Waals surface area contributed by atoms with Crippen LogP contribution in [0.2, 0.25) is 0 Å². The summed E-state index contributed by atoms with van der Waals surface area (Å²) in [4.78, 5) is 23.3. The van der Waals surface area contributed by atoms with Crippen molar-refractivity contribution in [3.8, 4) is 0 Å². The summed E-state index contributed by atoms with van der Waals surface area (Å²) >= 11 is 0. The summed E-state index contributed by atoms with van der Waals surface area (Å²) in [6.45, 7) is 4.91. The molecule has 1 aliphatic heterocycles. The molecule has 1 atom stereocenters. The van der Waals surface area contributed by atoms with Crippen molar-refractivity contribution in [2.75, 3.05) is 18.5 Å². The second kappa shape index (κ2) is 8.67. The van der Waals surface area contributed by atoms with Crippen molar-refractivity contribution in [3.63, 3.8) is 0 Å². The van der Waals surface area contributed by atoms with Gasteiger partial charge in [-0.1, -0.05) is 0 Å². The Bertz CT molecular complexity index is 551. The third kappa shape index (κ3) is 5.67. The molecular weight excluding hydrogens is 292 g/mol. The number of amides is 2. The number of hydrogen-bond donors (Lipinski definition) is 2. The minimum Gasteiger partial charge on any atom is -0.378 e. The number of anilines is 1. The van der Waals surface area contributed by atoms with Crippen molar-refractivity contribution < 1.29 is 14.3 Å². The fourth-order valence-corrected chi connectivity index (χ4v) is 2.88. The SMILES string of the molecule is CC(=O)c1ccc(NC(=O)NCCC[C@H]2CCCCO2)cc1C. The van der Waals surface area contributed by atoms with Crippen LogP contribution in [-0.4, -0.2) is 31.1 Å². The average molecular weight is 318 g/mol. The molecule has 2 N–H and O–H groups in total. The van der Waals surface area contributed by atoms with Gasteiger partial charge in [-0.15, -0.1) is 0 Å². The lowest BCUT2D eigenvalue weighted by Crippen LogP contribution is -2.30. The van der Waals surface area contributed by atoms with E-state index >= 15 is 0 Å². The molecule has 0 aromatic heterocycles. The Balaban J connectivity index is 1.70. The molecule has 0 bridgehead atoms. The van der Waals surface area contributed by atoms with Gasteiger partial charge in [-0.05, 0) is 69.7 Å². The molecule has 0 aliphatic carbocycles. The Kier molecular flexibility index (Phi) is 6.59. The van der Waals surface area contributed by atoms with E-state index in [-0.39, 0.29) is 11.8 Å². The van der Waals surface area contributed by atoms with Crippen LogP contribution < -0.4 is 10.6 Å². The Labute approximate surface area is 137 Å². The van der Waals surface area contributed by atoms with Crippen molar-refractivity contribution in [2.24, 2.45) is 0 Å². The fraction of sp³-hybridized carbons (Fsp3) is 0.556. The first-order valence-electron chi connectivity index (χ1n) is 8.34. The number of carbonyl (C=O) groups is 2. The number of ketones is 1. The van der Waals surface area contributed by atoms with Crippen LogP contribution in [0.5, 0.6) is 0 Å². The van der Waals surface area contributed by atoms with E-state index in [1.165, 1.54) is 19.8 Å². The van der Waals surface area contributed by atoms with Crippen molar-refractivity contribution >= 4 is 17.5 Å². The molecule has 0 radical (unpaired) electrons. The number of benzene rings is 1. The predicted octanol–water partition coefficient (Wildman–Crippen LogP) is 3.67. The highest BCUT2D eigenvalue weighted by atomic mass is 16.5. The molecule has 1 aromatic rings. The van der Waals surface area contributed by atoms with Gasteiger partial charge in [0.15, 0.2) is 5.78 Å². The monoisotopic (exact) mass is 318 g/mol. The molecule has 0 unspecified atom stereocenters. The maximum atomic E-state index is 11.9. The minimum atomic E-state index is -0.218. The van der Waals surface area contributed by atoms with Gasteiger partial charge >= 0.3 is 6.03 Å². The van der Waals surface area contributed by atoms with Crippen molar-refractivity contribution in [3.05, 3.63) is 29.3 Å². The fourth-order valence-electron chi connectivity index (χ4n) is 2.88. The third-order valence-corrected chi connectivity index (χ3v) is 4.13. The highest BCUT2D eigenvalue weighted by Gasteiger charge is 2.13. The van der Waals surface area contributed by atoms with Crippen molar-refractivity contribution in [2.45, 2.75) is 52.1 Å². The summed E-state index contributed by atoms with van der Waals surface area (Å²) in [5.41, 5.74) is 2.24. The lowest BCUT2D eigenvalue weighted by atomic mass is 10.0. The summed E-state index contributed by atoms with van der Waals surface area (Å²) in [6.07, 6.45) is 5.81. The van der Waals surface area contributed by atoms with E-state index in [1.807, 2.05) is 13.0 Å². The summed E-state index contributed by atoms with van der Waals surface area (Å²) in [5.74, 6) is 0.0310. The standard InChI is InChI=1S/C18H26N2O3/c1-13-12-15(8-9-17(13)14(2)21)20-18(22)19-10-5-7-16-6-3-4-11-23-16/h8-9,12,16H,3-7,10-11H2,1-2H3,(H2,19,20,22)/t16-/m1/s1. The van der Waals surface area contributed by atoms with Gasteiger partial charge in [0.05, 0.1) is 6.10 Å². The molecule has 1 aliphatic rings. The molecule has 1 heterocycles. The van der Waals surface area contributed by atoms with Gasteiger partial charge in [0, 0.05) is 24.4 Å². The highest BCUT2D eigenvalue weighted by Crippen LogP contribution is 2.17. The van der Waals surface area contributed by atoms with E-state index in [0.29, 0.717) is 23.9 Å². The van der Waals surface area contributed by atoms with E-state index in [1.54, 1.807) is 12.1 Å². The van der Waals surface area contributed by atoms with Crippen LogP contribution in [0, 0.1) is 6.92 Å². The van der Waals surface area contributed by atoms with Crippen molar-refractivity contribution in [1.29, 1.82) is 0 Å². The highest BCUT2D eigenvalue weighted by molar-refractivity contribution is 5.96.